The molecular weight excluding hydrogens is 286 g/mol. The van der Waals surface area contributed by atoms with Gasteiger partial charge >= 0.3 is 0 Å². The van der Waals surface area contributed by atoms with E-state index in [-0.39, 0.29) is 6.04 Å². The number of para-hydroxylation sites is 1. The first-order valence-corrected chi connectivity index (χ1v) is 7.91. The molecule has 1 unspecified atom stereocenters. The Morgan fingerprint density at radius 3 is 2.35 bits per heavy atom. The maximum Gasteiger partial charge on any atom is 0.127 e. The third kappa shape index (κ3) is 3.89. The maximum atomic E-state index is 9.63. The lowest BCUT2D eigenvalue weighted by molar-refractivity contribution is 0.132. The molecule has 118 valence electrons. The quantitative estimate of drug-likeness (QED) is 0.869. The van der Waals surface area contributed by atoms with Gasteiger partial charge in [0.2, 0.25) is 0 Å². The van der Waals surface area contributed by atoms with Gasteiger partial charge in [0.15, 0.2) is 0 Å². The molecule has 1 fully saturated rings. The van der Waals surface area contributed by atoms with Crippen LogP contribution in [0, 0.1) is 11.3 Å². The minimum Gasteiger partial charge on any atom is -0.457 e. The highest BCUT2D eigenvalue weighted by Gasteiger charge is 2.23. The summed E-state index contributed by atoms with van der Waals surface area (Å²) in [7, 11) is 2.12. The summed E-state index contributed by atoms with van der Waals surface area (Å²) in [5.74, 6) is 1.57. The Labute approximate surface area is 137 Å². The van der Waals surface area contributed by atoms with Gasteiger partial charge in [-0.15, -0.1) is 0 Å². The molecule has 4 nitrogen and oxygen atoms in total. The van der Waals surface area contributed by atoms with Crippen molar-refractivity contribution >= 4 is 0 Å². The number of piperazine rings is 1. The van der Waals surface area contributed by atoms with Gasteiger partial charge in [-0.2, -0.15) is 5.26 Å². The minimum atomic E-state index is -0.219. The van der Waals surface area contributed by atoms with Crippen LogP contribution in [-0.4, -0.2) is 43.0 Å². The molecule has 4 heteroatoms. The van der Waals surface area contributed by atoms with E-state index in [1.165, 1.54) is 0 Å². The molecule has 1 heterocycles. The van der Waals surface area contributed by atoms with E-state index in [4.69, 9.17) is 4.74 Å². The molecule has 0 bridgehead atoms. The molecule has 23 heavy (non-hydrogen) atoms. The van der Waals surface area contributed by atoms with Gasteiger partial charge in [0.05, 0.1) is 6.07 Å². The average molecular weight is 307 g/mol. The molecular formula is C19H21N3O. The van der Waals surface area contributed by atoms with Crippen LogP contribution < -0.4 is 4.74 Å². The second-order valence-corrected chi connectivity index (χ2v) is 5.86. The van der Waals surface area contributed by atoms with Crippen molar-refractivity contribution in [1.29, 1.82) is 5.26 Å². The molecule has 0 spiro atoms. The van der Waals surface area contributed by atoms with Gasteiger partial charge in [0.1, 0.15) is 17.5 Å². The fraction of sp³-hybridized carbons (Fsp3) is 0.316. The minimum absolute atomic E-state index is 0.219. The van der Waals surface area contributed by atoms with Crippen molar-refractivity contribution in [3.63, 3.8) is 0 Å². The van der Waals surface area contributed by atoms with Gasteiger partial charge in [0.25, 0.3) is 0 Å². The highest BCUT2D eigenvalue weighted by molar-refractivity contribution is 5.36. The first-order valence-electron chi connectivity index (χ1n) is 7.91. The molecule has 2 aromatic rings. The van der Waals surface area contributed by atoms with Crippen LogP contribution in [-0.2, 0) is 0 Å². The third-order valence-electron chi connectivity index (χ3n) is 4.18. The van der Waals surface area contributed by atoms with Crippen molar-refractivity contribution in [2.24, 2.45) is 0 Å². The lowest BCUT2D eigenvalue weighted by Gasteiger charge is -2.35. The highest BCUT2D eigenvalue weighted by Crippen LogP contribution is 2.27. The van der Waals surface area contributed by atoms with Crippen LogP contribution in [0.5, 0.6) is 11.5 Å². The Bertz CT molecular complexity index is 673. The third-order valence-corrected chi connectivity index (χ3v) is 4.18. The Kier molecular flexibility index (Phi) is 4.92. The first kappa shape index (κ1) is 15.5. The number of nitrogens with zero attached hydrogens (tertiary/aromatic N) is 3. The van der Waals surface area contributed by atoms with Crippen molar-refractivity contribution in [2.45, 2.75) is 6.04 Å². The molecule has 0 saturated carbocycles. The number of hydrogen-bond donors (Lipinski definition) is 0. The van der Waals surface area contributed by atoms with Crippen molar-refractivity contribution in [2.75, 3.05) is 33.2 Å². The molecule has 1 aliphatic heterocycles. The van der Waals surface area contributed by atoms with E-state index >= 15 is 0 Å². The van der Waals surface area contributed by atoms with Crippen LogP contribution in [0.3, 0.4) is 0 Å². The SMILES string of the molecule is CN1CCN(C(C#N)c2cccc(Oc3ccccc3)c2)CC1. The second-order valence-electron chi connectivity index (χ2n) is 5.86. The topological polar surface area (TPSA) is 39.5 Å². The summed E-state index contributed by atoms with van der Waals surface area (Å²) in [5.41, 5.74) is 0.991. The number of benzene rings is 2. The molecule has 1 saturated heterocycles. The van der Waals surface area contributed by atoms with Gasteiger partial charge < -0.3 is 9.64 Å². The van der Waals surface area contributed by atoms with E-state index in [1.807, 2.05) is 54.6 Å². The normalized spacial score (nSPS) is 17.4. The van der Waals surface area contributed by atoms with Crippen LogP contribution in [0.25, 0.3) is 0 Å². The van der Waals surface area contributed by atoms with Crippen LogP contribution in [0.1, 0.15) is 11.6 Å². The number of hydrogen-bond acceptors (Lipinski definition) is 4. The van der Waals surface area contributed by atoms with E-state index < -0.39 is 0 Å². The predicted molar refractivity (Wildman–Crippen MR) is 90.4 cm³/mol. The van der Waals surface area contributed by atoms with Crippen LogP contribution in [0.4, 0.5) is 0 Å². The number of rotatable bonds is 4. The summed E-state index contributed by atoms with van der Waals surface area (Å²) in [6, 6.07) is 19.8. The summed E-state index contributed by atoms with van der Waals surface area (Å²) in [4.78, 5) is 4.53. The van der Waals surface area contributed by atoms with Crippen LogP contribution >= 0.6 is 0 Å². The van der Waals surface area contributed by atoms with E-state index in [0.717, 1.165) is 43.2 Å². The molecule has 2 aromatic carbocycles. The van der Waals surface area contributed by atoms with E-state index in [2.05, 4.69) is 22.9 Å². The van der Waals surface area contributed by atoms with Crippen LogP contribution in [0.15, 0.2) is 54.6 Å². The van der Waals surface area contributed by atoms with Gasteiger partial charge in [-0.3, -0.25) is 4.90 Å². The zero-order valence-corrected chi connectivity index (χ0v) is 13.4. The zero-order valence-electron chi connectivity index (χ0n) is 13.4. The summed E-state index contributed by atoms with van der Waals surface area (Å²) >= 11 is 0. The maximum absolute atomic E-state index is 9.63. The summed E-state index contributed by atoms with van der Waals surface area (Å²) in [6.45, 7) is 3.83. The number of likely N-dealkylation sites (N-methyl/N-ethyl adjacent to an activating group) is 1. The van der Waals surface area contributed by atoms with Crippen molar-refractivity contribution < 1.29 is 4.74 Å². The molecule has 0 amide bonds. The molecule has 1 atom stereocenters. The zero-order chi connectivity index (χ0) is 16.1. The first-order chi connectivity index (χ1) is 11.3. The van der Waals surface area contributed by atoms with Crippen molar-refractivity contribution in [3.8, 4) is 17.6 Å². The Balaban J connectivity index is 1.76. The smallest absolute Gasteiger partial charge is 0.127 e. The molecule has 3 rings (SSSR count). The van der Waals surface area contributed by atoms with E-state index in [0.29, 0.717) is 0 Å². The second kappa shape index (κ2) is 7.28. The average Bonchev–Trinajstić information content (AvgIpc) is 2.59. The van der Waals surface area contributed by atoms with Crippen molar-refractivity contribution in [3.05, 3.63) is 60.2 Å². The van der Waals surface area contributed by atoms with Crippen molar-refractivity contribution in [1.82, 2.24) is 9.80 Å². The largest absolute Gasteiger partial charge is 0.457 e. The van der Waals surface area contributed by atoms with E-state index in [9.17, 15) is 5.26 Å². The van der Waals surface area contributed by atoms with Gasteiger partial charge in [0, 0.05) is 26.2 Å². The summed E-state index contributed by atoms with van der Waals surface area (Å²) in [6.07, 6.45) is 0. The molecule has 0 aliphatic carbocycles. The highest BCUT2D eigenvalue weighted by atomic mass is 16.5. The summed E-state index contributed by atoms with van der Waals surface area (Å²) in [5, 5.41) is 9.63. The monoisotopic (exact) mass is 307 g/mol. The predicted octanol–water partition coefficient (Wildman–Crippen LogP) is 3.29. The fourth-order valence-electron chi connectivity index (χ4n) is 2.82. The Morgan fingerprint density at radius 2 is 1.65 bits per heavy atom. The Morgan fingerprint density at radius 1 is 0.957 bits per heavy atom. The van der Waals surface area contributed by atoms with Gasteiger partial charge in [-0.25, -0.2) is 0 Å². The number of ether oxygens (including phenoxy) is 1. The van der Waals surface area contributed by atoms with Gasteiger partial charge in [-0.1, -0.05) is 30.3 Å². The van der Waals surface area contributed by atoms with Gasteiger partial charge in [-0.05, 0) is 36.9 Å². The molecule has 1 aliphatic rings. The molecule has 0 aromatic heterocycles. The van der Waals surface area contributed by atoms with Crippen LogP contribution in [0.2, 0.25) is 0 Å². The molecule has 0 N–H and O–H groups in total. The lowest BCUT2D eigenvalue weighted by atomic mass is 10.1. The molecule has 0 radical (unpaired) electrons. The Hall–Kier alpha value is -2.35. The fourth-order valence-corrected chi connectivity index (χ4v) is 2.82. The van der Waals surface area contributed by atoms with E-state index in [1.54, 1.807) is 0 Å². The lowest BCUT2D eigenvalue weighted by Crippen LogP contribution is -2.45. The number of nitriles is 1. The standard InChI is InChI=1S/C19H21N3O/c1-21-10-12-22(13-11-21)19(15-20)16-6-5-9-18(14-16)23-17-7-3-2-4-8-17/h2-9,14,19H,10-13H2,1H3. The summed E-state index contributed by atoms with van der Waals surface area (Å²) < 4.78 is 5.88.